The van der Waals surface area contributed by atoms with Crippen molar-refractivity contribution < 1.29 is 17.6 Å². The summed E-state index contributed by atoms with van der Waals surface area (Å²) in [7, 11) is -3.57. The molecule has 27 heavy (non-hydrogen) atoms. The molecule has 0 radical (unpaired) electrons. The Morgan fingerprint density at radius 3 is 2.41 bits per heavy atom. The molecule has 2 aromatic carbocycles. The van der Waals surface area contributed by atoms with Gasteiger partial charge in [-0.25, -0.2) is 17.5 Å². The molecule has 0 aliphatic heterocycles. The number of nitrogens with one attached hydrogen (secondary N) is 1. The first-order valence-electron chi connectivity index (χ1n) is 9.26. The van der Waals surface area contributed by atoms with Gasteiger partial charge in [0.15, 0.2) is 5.78 Å². The lowest BCUT2D eigenvalue weighted by Crippen LogP contribution is -2.38. The molecule has 2 aromatic rings. The SMILES string of the molecule is Cc1c(-c2ccccc2)ccc(F)c1C(=O)CNS(=O)(=O)C1CCCCC1. The second-order valence-electron chi connectivity index (χ2n) is 7.01. The van der Waals surface area contributed by atoms with Gasteiger partial charge in [0.25, 0.3) is 0 Å². The van der Waals surface area contributed by atoms with E-state index < -0.39 is 33.4 Å². The molecular formula is C21H24FNO3S. The lowest BCUT2D eigenvalue weighted by molar-refractivity contribution is 0.0992. The van der Waals surface area contributed by atoms with Crippen molar-refractivity contribution in [1.29, 1.82) is 0 Å². The van der Waals surface area contributed by atoms with E-state index >= 15 is 0 Å². The van der Waals surface area contributed by atoms with Crippen LogP contribution < -0.4 is 4.72 Å². The molecule has 0 saturated heterocycles. The van der Waals surface area contributed by atoms with E-state index in [1.165, 1.54) is 6.07 Å². The molecule has 6 heteroatoms. The maximum atomic E-state index is 14.4. The Morgan fingerprint density at radius 2 is 1.74 bits per heavy atom. The highest BCUT2D eigenvalue weighted by Crippen LogP contribution is 2.28. The first-order valence-corrected chi connectivity index (χ1v) is 10.8. The number of benzene rings is 2. The van der Waals surface area contributed by atoms with E-state index in [-0.39, 0.29) is 5.56 Å². The third kappa shape index (κ3) is 4.45. The van der Waals surface area contributed by atoms with Crippen molar-refractivity contribution in [2.75, 3.05) is 6.54 Å². The van der Waals surface area contributed by atoms with Crippen molar-refractivity contribution in [3.63, 3.8) is 0 Å². The Kier molecular flexibility index (Phi) is 6.07. The summed E-state index contributed by atoms with van der Waals surface area (Å²) in [5.74, 6) is -1.18. The zero-order valence-corrected chi connectivity index (χ0v) is 16.2. The fraction of sp³-hybridized carbons (Fsp3) is 0.381. The van der Waals surface area contributed by atoms with Gasteiger partial charge in [-0.15, -0.1) is 0 Å². The molecular weight excluding hydrogens is 365 g/mol. The smallest absolute Gasteiger partial charge is 0.214 e. The first kappa shape index (κ1) is 19.7. The number of rotatable bonds is 6. The number of Topliss-reactive ketones (excluding diaryl/α,β-unsaturated/α-hetero) is 1. The number of hydrogen-bond donors (Lipinski definition) is 1. The second kappa shape index (κ2) is 8.31. The number of ketones is 1. The molecule has 1 aliphatic carbocycles. The molecule has 0 aromatic heterocycles. The van der Waals surface area contributed by atoms with E-state index in [9.17, 15) is 17.6 Å². The summed E-state index contributed by atoms with van der Waals surface area (Å²) in [6, 6.07) is 12.3. The zero-order valence-electron chi connectivity index (χ0n) is 15.4. The quantitative estimate of drug-likeness (QED) is 0.752. The summed E-state index contributed by atoms with van der Waals surface area (Å²) in [6.07, 6.45) is 4.03. The highest BCUT2D eigenvalue weighted by atomic mass is 32.2. The van der Waals surface area contributed by atoms with Gasteiger partial charge in [-0.3, -0.25) is 4.79 Å². The fourth-order valence-electron chi connectivity index (χ4n) is 3.70. The maximum absolute atomic E-state index is 14.4. The molecule has 144 valence electrons. The Balaban J connectivity index is 1.80. The predicted molar refractivity (Wildman–Crippen MR) is 105 cm³/mol. The van der Waals surface area contributed by atoms with Gasteiger partial charge in [0.1, 0.15) is 5.82 Å². The summed E-state index contributed by atoms with van der Waals surface area (Å²) in [4.78, 5) is 12.6. The standard InChI is InChI=1S/C21H24FNO3S/c1-15-18(16-8-4-2-5-9-16)12-13-19(22)21(15)20(24)14-23-27(25,26)17-10-6-3-7-11-17/h2,4-5,8-9,12-13,17,23H,3,6-7,10-11,14H2,1H3. The van der Waals surface area contributed by atoms with E-state index in [0.29, 0.717) is 18.4 Å². The molecule has 4 nitrogen and oxygen atoms in total. The molecule has 1 saturated carbocycles. The van der Waals surface area contributed by atoms with Gasteiger partial charge in [-0.05, 0) is 42.5 Å². The van der Waals surface area contributed by atoms with Crippen LogP contribution in [0.2, 0.25) is 0 Å². The van der Waals surface area contributed by atoms with Gasteiger partial charge >= 0.3 is 0 Å². The summed E-state index contributed by atoms with van der Waals surface area (Å²) in [5.41, 5.74) is 2.10. The van der Waals surface area contributed by atoms with Crippen LogP contribution in [0, 0.1) is 12.7 Å². The number of carbonyl (C=O) groups is 1. The number of hydrogen-bond acceptors (Lipinski definition) is 3. The summed E-state index contributed by atoms with van der Waals surface area (Å²) >= 11 is 0. The van der Waals surface area contributed by atoms with Crippen LogP contribution >= 0.6 is 0 Å². The fourth-order valence-corrected chi connectivity index (χ4v) is 5.22. The summed E-state index contributed by atoms with van der Waals surface area (Å²) in [6.45, 7) is 1.27. The summed E-state index contributed by atoms with van der Waals surface area (Å²) in [5, 5.41) is -0.458. The molecule has 0 heterocycles. The van der Waals surface area contributed by atoms with Crippen LogP contribution in [0.5, 0.6) is 0 Å². The van der Waals surface area contributed by atoms with E-state index in [0.717, 1.165) is 30.4 Å². The largest absolute Gasteiger partial charge is 0.293 e. The predicted octanol–water partition coefficient (Wildman–Crippen LogP) is 4.24. The molecule has 1 aliphatic rings. The summed E-state index contributed by atoms with van der Waals surface area (Å²) < 4.78 is 41.6. The minimum atomic E-state index is -3.57. The van der Waals surface area contributed by atoms with Crippen LogP contribution in [-0.4, -0.2) is 26.0 Å². The Labute approximate surface area is 159 Å². The molecule has 0 spiro atoms. The minimum Gasteiger partial charge on any atom is -0.293 e. The molecule has 1 fully saturated rings. The van der Waals surface area contributed by atoms with Crippen molar-refractivity contribution in [1.82, 2.24) is 4.72 Å². The monoisotopic (exact) mass is 389 g/mol. The third-order valence-corrected chi connectivity index (χ3v) is 7.10. The number of halogens is 1. The van der Waals surface area contributed by atoms with Gasteiger partial charge in [0, 0.05) is 0 Å². The van der Waals surface area contributed by atoms with E-state index in [1.807, 2.05) is 30.3 Å². The minimum absolute atomic E-state index is 0.0531. The van der Waals surface area contributed by atoms with Crippen LogP contribution in [0.25, 0.3) is 11.1 Å². The van der Waals surface area contributed by atoms with E-state index in [2.05, 4.69) is 4.72 Å². The highest BCUT2D eigenvalue weighted by Gasteiger charge is 2.28. The first-order chi connectivity index (χ1) is 12.9. The molecule has 0 unspecified atom stereocenters. The van der Waals surface area contributed by atoms with Crippen molar-refractivity contribution >= 4 is 15.8 Å². The molecule has 0 amide bonds. The van der Waals surface area contributed by atoms with Gasteiger partial charge in [0.05, 0.1) is 17.4 Å². The Morgan fingerprint density at radius 1 is 1.07 bits per heavy atom. The lowest BCUT2D eigenvalue weighted by atomic mass is 9.94. The Hall–Kier alpha value is -2.05. The van der Waals surface area contributed by atoms with Crippen LogP contribution in [0.1, 0.15) is 48.0 Å². The topological polar surface area (TPSA) is 63.2 Å². The third-order valence-electron chi connectivity index (χ3n) is 5.20. The second-order valence-corrected chi connectivity index (χ2v) is 9.06. The van der Waals surface area contributed by atoms with Gasteiger partial charge in [-0.2, -0.15) is 0 Å². The number of sulfonamides is 1. The average Bonchev–Trinajstić information content (AvgIpc) is 2.68. The maximum Gasteiger partial charge on any atom is 0.214 e. The van der Waals surface area contributed by atoms with Crippen molar-refractivity contribution in [2.45, 2.75) is 44.3 Å². The zero-order chi connectivity index (χ0) is 19.4. The number of carbonyl (C=O) groups excluding carboxylic acids is 1. The van der Waals surface area contributed by atoms with Gasteiger partial charge < -0.3 is 0 Å². The van der Waals surface area contributed by atoms with E-state index in [1.54, 1.807) is 13.0 Å². The van der Waals surface area contributed by atoms with Crippen molar-refractivity contribution in [2.24, 2.45) is 0 Å². The Bertz CT molecular complexity index is 920. The van der Waals surface area contributed by atoms with Crippen LogP contribution in [0.4, 0.5) is 4.39 Å². The average molecular weight is 389 g/mol. The van der Waals surface area contributed by atoms with Crippen LogP contribution in [-0.2, 0) is 10.0 Å². The van der Waals surface area contributed by atoms with Crippen LogP contribution in [0.15, 0.2) is 42.5 Å². The highest BCUT2D eigenvalue weighted by molar-refractivity contribution is 7.90. The molecule has 0 bridgehead atoms. The van der Waals surface area contributed by atoms with Gasteiger partial charge in [0.2, 0.25) is 10.0 Å². The van der Waals surface area contributed by atoms with Gasteiger partial charge in [-0.1, -0.05) is 55.7 Å². The van der Waals surface area contributed by atoms with Crippen molar-refractivity contribution in [3.05, 3.63) is 59.4 Å². The van der Waals surface area contributed by atoms with E-state index in [4.69, 9.17) is 0 Å². The van der Waals surface area contributed by atoms with Crippen LogP contribution in [0.3, 0.4) is 0 Å². The lowest BCUT2D eigenvalue weighted by Gasteiger charge is -2.22. The molecule has 1 N–H and O–H groups in total. The van der Waals surface area contributed by atoms with Crippen molar-refractivity contribution in [3.8, 4) is 11.1 Å². The molecule has 3 rings (SSSR count). The molecule has 0 atom stereocenters. The normalized spacial score (nSPS) is 15.6.